The Morgan fingerprint density at radius 1 is 1.65 bits per heavy atom. The van der Waals surface area contributed by atoms with E-state index in [4.69, 9.17) is 10.6 Å². The molecular weight excluding hydrogens is 227 g/mol. The van der Waals surface area contributed by atoms with Gasteiger partial charge in [-0.15, -0.1) is 0 Å². The van der Waals surface area contributed by atoms with Gasteiger partial charge in [0.25, 0.3) is 0 Å². The highest BCUT2D eigenvalue weighted by molar-refractivity contribution is 5.92. The fourth-order valence-corrected chi connectivity index (χ4v) is 1.68. The Bertz CT molecular complexity index is 439. The van der Waals surface area contributed by atoms with Gasteiger partial charge < -0.3 is 10.8 Å². The van der Waals surface area contributed by atoms with Gasteiger partial charge in [-0.1, -0.05) is 0 Å². The molecule has 1 heterocycles. The Balaban J connectivity index is 2.14. The number of amides is 1. The first-order valence-corrected chi connectivity index (χ1v) is 5.20. The zero-order valence-electron chi connectivity index (χ0n) is 9.10. The largest absolute Gasteiger partial charge is 0.389 e. The van der Waals surface area contributed by atoms with Crippen LogP contribution in [0.25, 0.3) is 0 Å². The third-order valence-corrected chi connectivity index (χ3v) is 2.54. The van der Waals surface area contributed by atoms with Crippen LogP contribution in [-0.2, 0) is 11.4 Å². The Hall–Kier alpha value is -1.50. The average molecular weight is 240 g/mol. The Morgan fingerprint density at radius 2 is 2.41 bits per heavy atom. The first kappa shape index (κ1) is 12.0. The van der Waals surface area contributed by atoms with Crippen LogP contribution in [0.1, 0.15) is 15.9 Å². The molecule has 0 aromatic heterocycles. The summed E-state index contributed by atoms with van der Waals surface area (Å²) in [7, 11) is 0. The number of aliphatic hydroxyl groups excluding tert-OH is 1. The Morgan fingerprint density at radius 3 is 3.00 bits per heavy atom. The number of rotatable bonds is 3. The van der Waals surface area contributed by atoms with E-state index in [-0.39, 0.29) is 18.7 Å². The predicted molar refractivity (Wildman–Crippen MR) is 57.3 cm³/mol. The first-order chi connectivity index (χ1) is 8.06. The number of carbonyl (C=O) groups excluding carboxylic acids is 1. The maximum Gasteiger partial charge on any atom is 0.248 e. The molecule has 1 fully saturated rings. The second-order valence-electron chi connectivity index (χ2n) is 3.94. The zero-order valence-corrected chi connectivity index (χ0v) is 9.10. The summed E-state index contributed by atoms with van der Waals surface area (Å²) in [5.41, 5.74) is 5.68. The van der Waals surface area contributed by atoms with Crippen molar-refractivity contribution in [1.82, 2.24) is 5.06 Å². The second kappa shape index (κ2) is 4.79. The van der Waals surface area contributed by atoms with Gasteiger partial charge in [0, 0.05) is 11.1 Å². The lowest BCUT2D eigenvalue weighted by Gasteiger charge is -2.14. The number of nitrogens with zero attached hydrogens (tertiary/aromatic N) is 1. The molecule has 0 aliphatic carbocycles. The molecule has 5 nitrogen and oxygen atoms in total. The molecule has 6 heteroatoms. The first-order valence-electron chi connectivity index (χ1n) is 5.20. The fourth-order valence-electron chi connectivity index (χ4n) is 1.68. The maximum atomic E-state index is 13.5. The third kappa shape index (κ3) is 2.79. The van der Waals surface area contributed by atoms with Crippen LogP contribution >= 0.6 is 0 Å². The molecule has 1 atom stereocenters. The van der Waals surface area contributed by atoms with Crippen LogP contribution in [0.15, 0.2) is 18.2 Å². The van der Waals surface area contributed by atoms with E-state index in [0.29, 0.717) is 12.1 Å². The van der Waals surface area contributed by atoms with Crippen molar-refractivity contribution in [3.63, 3.8) is 0 Å². The van der Waals surface area contributed by atoms with Crippen LogP contribution in [0.2, 0.25) is 0 Å². The molecule has 0 bridgehead atoms. The molecule has 2 rings (SSSR count). The van der Waals surface area contributed by atoms with Gasteiger partial charge in [-0.25, -0.2) is 4.39 Å². The van der Waals surface area contributed by atoms with Crippen molar-refractivity contribution in [3.05, 3.63) is 35.1 Å². The van der Waals surface area contributed by atoms with Crippen LogP contribution in [0.5, 0.6) is 0 Å². The lowest BCUT2D eigenvalue weighted by Crippen LogP contribution is -2.21. The van der Waals surface area contributed by atoms with Crippen molar-refractivity contribution in [2.24, 2.45) is 5.73 Å². The summed E-state index contributed by atoms with van der Waals surface area (Å²) in [4.78, 5) is 16.1. The van der Waals surface area contributed by atoms with E-state index in [0.717, 1.165) is 0 Å². The Kier molecular flexibility index (Phi) is 3.37. The van der Waals surface area contributed by atoms with E-state index in [1.165, 1.54) is 23.3 Å². The second-order valence-corrected chi connectivity index (χ2v) is 3.94. The monoisotopic (exact) mass is 240 g/mol. The molecule has 1 aromatic carbocycles. The molecule has 92 valence electrons. The van der Waals surface area contributed by atoms with E-state index in [1.807, 2.05) is 0 Å². The molecule has 3 N–H and O–H groups in total. The number of β-amino-alcohol motifs (C(OH)–C–C–N with tert-alkyl or cyclic N) is 1. The van der Waals surface area contributed by atoms with Crippen molar-refractivity contribution in [2.45, 2.75) is 12.6 Å². The minimum Gasteiger partial charge on any atom is -0.389 e. The van der Waals surface area contributed by atoms with Crippen LogP contribution in [0.4, 0.5) is 4.39 Å². The lowest BCUT2D eigenvalue weighted by atomic mass is 10.1. The molecule has 1 aromatic rings. The van der Waals surface area contributed by atoms with Crippen molar-refractivity contribution >= 4 is 5.91 Å². The average Bonchev–Trinajstić information content (AvgIpc) is 2.67. The van der Waals surface area contributed by atoms with Gasteiger partial charge in [0.1, 0.15) is 5.82 Å². The SMILES string of the molecule is NC(=O)c1ccc(F)c(CN2CC(O)CO2)c1. The van der Waals surface area contributed by atoms with Gasteiger partial charge in [0.05, 0.1) is 25.8 Å². The highest BCUT2D eigenvalue weighted by Crippen LogP contribution is 2.16. The fraction of sp³-hybridized carbons (Fsp3) is 0.364. The van der Waals surface area contributed by atoms with E-state index >= 15 is 0 Å². The highest BCUT2D eigenvalue weighted by Gasteiger charge is 2.22. The summed E-state index contributed by atoms with van der Waals surface area (Å²) in [5, 5.41) is 10.7. The van der Waals surface area contributed by atoms with Crippen molar-refractivity contribution in [2.75, 3.05) is 13.2 Å². The molecule has 0 spiro atoms. The predicted octanol–water partition coefficient (Wildman–Crippen LogP) is 0.0327. The summed E-state index contributed by atoms with van der Waals surface area (Å²) >= 11 is 0. The van der Waals surface area contributed by atoms with Gasteiger partial charge in [-0.05, 0) is 18.2 Å². The summed E-state index contributed by atoms with van der Waals surface area (Å²) in [5.74, 6) is -1.03. The van der Waals surface area contributed by atoms with Crippen LogP contribution in [-0.4, -0.2) is 35.3 Å². The minimum absolute atomic E-state index is 0.171. The molecule has 0 saturated carbocycles. The molecule has 1 aliphatic heterocycles. The van der Waals surface area contributed by atoms with E-state index in [9.17, 15) is 14.3 Å². The third-order valence-electron chi connectivity index (χ3n) is 2.54. The number of nitrogens with two attached hydrogens (primary N) is 1. The van der Waals surface area contributed by atoms with Gasteiger partial charge >= 0.3 is 0 Å². The number of halogens is 1. The molecular formula is C11H13FN2O3. The molecule has 17 heavy (non-hydrogen) atoms. The number of carbonyl (C=O) groups is 1. The van der Waals surface area contributed by atoms with E-state index in [1.54, 1.807) is 0 Å². The quantitative estimate of drug-likeness (QED) is 0.781. The van der Waals surface area contributed by atoms with Crippen LogP contribution in [0, 0.1) is 5.82 Å². The Labute approximate surface area is 97.5 Å². The number of hydrogen-bond donors (Lipinski definition) is 2. The maximum absolute atomic E-state index is 13.5. The smallest absolute Gasteiger partial charge is 0.248 e. The van der Waals surface area contributed by atoms with Gasteiger partial charge in [0.15, 0.2) is 0 Å². The van der Waals surface area contributed by atoms with E-state index in [2.05, 4.69) is 0 Å². The number of primary amides is 1. The molecule has 1 unspecified atom stereocenters. The lowest BCUT2D eigenvalue weighted by molar-refractivity contribution is -0.118. The van der Waals surface area contributed by atoms with Crippen molar-refractivity contribution < 1.29 is 19.1 Å². The number of hydrogen-bond acceptors (Lipinski definition) is 4. The molecule has 1 aliphatic rings. The molecule has 1 amide bonds. The van der Waals surface area contributed by atoms with Crippen molar-refractivity contribution in [3.8, 4) is 0 Å². The summed E-state index contributed by atoms with van der Waals surface area (Å²) in [6.07, 6.45) is -0.558. The van der Waals surface area contributed by atoms with E-state index < -0.39 is 17.8 Å². The molecule has 1 saturated heterocycles. The zero-order chi connectivity index (χ0) is 12.4. The highest BCUT2D eigenvalue weighted by atomic mass is 19.1. The van der Waals surface area contributed by atoms with Gasteiger partial charge in [0.2, 0.25) is 5.91 Å². The van der Waals surface area contributed by atoms with Gasteiger partial charge in [-0.3, -0.25) is 9.63 Å². The number of aliphatic hydroxyl groups is 1. The normalized spacial score (nSPS) is 20.7. The summed E-state index contributed by atoms with van der Waals surface area (Å²) in [6, 6.07) is 3.93. The summed E-state index contributed by atoms with van der Waals surface area (Å²) < 4.78 is 13.5. The summed E-state index contributed by atoms with van der Waals surface area (Å²) in [6.45, 7) is 0.696. The number of hydroxylamine groups is 2. The minimum atomic E-state index is -0.603. The van der Waals surface area contributed by atoms with Crippen LogP contribution in [0.3, 0.4) is 0 Å². The van der Waals surface area contributed by atoms with Crippen LogP contribution < -0.4 is 5.73 Å². The topological polar surface area (TPSA) is 75.8 Å². The molecule has 0 radical (unpaired) electrons. The van der Waals surface area contributed by atoms with Gasteiger partial charge in [-0.2, -0.15) is 5.06 Å². The standard InChI is InChI=1S/C11H13FN2O3/c12-10-2-1-7(11(13)16)3-8(10)4-14-5-9(15)6-17-14/h1-3,9,15H,4-6H2,(H2,13,16). The van der Waals surface area contributed by atoms with Crippen molar-refractivity contribution in [1.29, 1.82) is 0 Å². The number of benzene rings is 1.